The maximum Gasteiger partial charge on any atom is 0.0430 e. The molecule has 4 heteroatoms. The maximum absolute atomic E-state index is 6.20. The summed E-state index contributed by atoms with van der Waals surface area (Å²) in [7, 11) is 2.25. The van der Waals surface area contributed by atoms with E-state index >= 15 is 0 Å². The molecule has 2 unspecified atom stereocenters. The van der Waals surface area contributed by atoms with Gasteiger partial charge in [0.05, 0.1) is 0 Å². The summed E-state index contributed by atoms with van der Waals surface area (Å²) in [5.74, 6) is 2.40. The Morgan fingerprint density at radius 2 is 2.16 bits per heavy atom. The number of thioether (sulfide) groups is 1. The second kappa shape index (κ2) is 5.76. The molecule has 2 heterocycles. The largest absolute Gasteiger partial charge is 0.329 e. The van der Waals surface area contributed by atoms with Gasteiger partial charge in [-0.1, -0.05) is 19.9 Å². The van der Waals surface area contributed by atoms with Gasteiger partial charge in [-0.25, -0.2) is 0 Å². The molecule has 1 aromatic rings. The topological polar surface area (TPSA) is 29.3 Å². The zero-order valence-corrected chi connectivity index (χ0v) is 14.1. The number of hydrogen-bond acceptors (Lipinski definition) is 4. The Morgan fingerprint density at radius 3 is 2.68 bits per heavy atom. The van der Waals surface area contributed by atoms with E-state index in [2.05, 4.69) is 62.0 Å². The van der Waals surface area contributed by atoms with E-state index in [-0.39, 0.29) is 5.54 Å². The number of nitrogens with two attached hydrogens (primary N) is 1. The summed E-state index contributed by atoms with van der Waals surface area (Å²) in [5.41, 5.74) is 6.72. The van der Waals surface area contributed by atoms with Gasteiger partial charge in [-0.3, -0.25) is 4.90 Å². The van der Waals surface area contributed by atoms with Crippen LogP contribution in [0, 0.1) is 5.41 Å². The summed E-state index contributed by atoms with van der Waals surface area (Å²) in [6.45, 7) is 7.78. The Kier molecular flexibility index (Phi) is 4.66. The summed E-state index contributed by atoms with van der Waals surface area (Å²) in [4.78, 5) is 3.95. The van der Waals surface area contributed by atoms with E-state index in [1.54, 1.807) is 0 Å². The predicted molar refractivity (Wildman–Crippen MR) is 88.0 cm³/mol. The lowest BCUT2D eigenvalue weighted by atomic mass is 9.78. The van der Waals surface area contributed by atoms with Crippen LogP contribution in [0.2, 0.25) is 0 Å². The first-order chi connectivity index (χ1) is 8.90. The molecule has 19 heavy (non-hydrogen) atoms. The van der Waals surface area contributed by atoms with Crippen molar-refractivity contribution in [3.05, 3.63) is 22.4 Å². The van der Waals surface area contributed by atoms with Crippen molar-refractivity contribution in [2.75, 3.05) is 25.1 Å². The summed E-state index contributed by atoms with van der Waals surface area (Å²) >= 11 is 3.90. The molecule has 1 saturated heterocycles. The van der Waals surface area contributed by atoms with Gasteiger partial charge in [0.15, 0.2) is 0 Å². The second-order valence-corrected chi connectivity index (χ2v) is 8.53. The van der Waals surface area contributed by atoms with E-state index in [9.17, 15) is 0 Å². The molecule has 2 N–H and O–H groups in total. The second-order valence-electron chi connectivity index (χ2n) is 6.56. The van der Waals surface area contributed by atoms with Crippen molar-refractivity contribution in [1.29, 1.82) is 0 Å². The average molecular weight is 299 g/mol. The van der Waals surface area contributed by atoms with Gasteiger partial charge in [-0.05, 0) is 43.0 Å². The Bertz CT molecular complexity index is 402. The Morgan fingerprint density at radius 1 is 1.42 bits per heavy atom. The first kappa shape index (κ1) is 15.4. The molecule has 1 aliphatic heterocycles. The number of rotatable bonds is 4. The smallest absolute Gasteiger partial charge is 0.0430 e. The lowest BCUT2D eigenvalue weighted by Gasteiger charge is -2.51. The third-order valence-electron chi connectivity index (χ3n) is 4.34. The van der Waals surface area contributed by atoms with Crippen molar-refractivity contribution >= 4 is 23.1 Å². The van der Waals surface area contributed by atoms with Gasteiger partial charge in [0.2, 0.25) is 0 Å². The van der Waals surface area contributed by atoms with Crippen molar-refractivity contribution < 1.29 is 0 Å². The average Bonchev–Trinajstić information content (AvgIpc) is 2.89. The first-order valence-corrected chi connectivity index (χ1v) is 8.98. The zero-order valence-electron chi connectivity index (χ0n) is 12.5. The summed E-state index contributed by atoms with van der Waals surface area (Å²) < 4.78 is 0. The molecule has 108 valence electrons. The molecule has 0 amide bonds. The molecule has 0 bridgehead atoms. The highest BCUT2D eigenvalue weighted by Crippen LogP contribution is 2.44. The summed E-state index contributed by atoms with van der Waals surface area (Å²) in [6.07, 6.45) is 1.19. The van der Waals surface area contributed by atoms with Crippen LogP contribution in [0.25, 0.3) is 0 Å². The van der Waals surface area contributed by atoms with Crippen LogP contribution in [0.1, 0.15) is 38.1 Å². The van der Waals surface area contributed by atoms with Crippen LogP contribution in [-0.4, -0.2) is 35.5 Å². The minimum atomic E-state index is 0.135. The van der Waals surface area contributed by atoms with Crippen LogP contribution in [0.5, 0.6) is 0 Å². The minimum Gasteiger partial charge on any atom is -0.329 e. The number of likely N-dealkylation sites (N-methyl/N-ethyl adjacent to an activating group) is 1. The predicted octanol–water partition coefficient (Wildman–Crippen LogP) is 3.60. The van der Waals surface area contributed by atoms with Crippen molar-refractivity contribution in [2.45, 2.75) is 38.8 Å². The van der Waals surface area contributed by atoms with E-state index in [0.717, 1.165) is 12.3 Å². The van der Waals surface area contributed by atoms with Crippen molar-refractivity contribution in [3.63, 3.8) is 0 Å². The fourth-order valence-corrected chi connectivity index (χ4v) is 5.53. The summed E-state index contributed by atoms with van der Waals surface area (Å²) in [6, 6.07) is 4.81. The van der Waals surface area contributed by atoms with Gasteiger partial charge in [-0.15, -0.1) is 11.3 Å². The maximum atomic E-state index is 6.20. The lowest BCUT2D eigenvalue weighted by Crippen LogP contribution is -2.59. The molecule has 0 saturated carbocycles. The third kappa shape index (κ3) is 3.18. The third-order valence-corrected chi connectivity index (χ3v) is 7.10. The normalized spacial score (nSPS) is 28.5. The molecular formula is C15H26N2S2. The Hall–Kier alpha value is -0.0300. The Labute approximate surface area is 125 Å². The number of thiophene rings is 1. The van der Waals surface area contributed by atoms with E-state index in [1.165, 1.54) is 17.1 Å². The lowest BCUT2D eigenvalue weighted by molar-refractivity contribution is 0.0619. The highest BCUT2D eigenvalue weighted by atomic mass is 32.2. The van der Waals surface area contributed by atoms with Crippen LogP contribution >= 0.6 is 23.1 Å². The molecule has 2 nitrogen and oxygen atoms in total. The van der Waals surface area contributed by atoms with Gasteiger partial charge >= 0.3 is 0 Å². The van der Waals surface area contributed by atoms with Gasteiger partial charge in [0.1, 0.15) is 0 Å². The van der Waals surface area contributed by atoms with Gasteiger partial charge in [-0.2, -0.15) is 11.8 Å². The van der Waals surface area contributed by atoms with Crippen LogP contribution in [0.15, 0.2) is 17.5 Å². The van der Waals surface area contributed by atoms with E-state index < -0.39 is 0 Å². The molecule has 2 atom stereocenters. The van der Waals surface area contributed by atoms with E-state index in [4.69, 9.17) is 5.73 Å². The molecule has 0 radical (unpaired) electrons. The SMILES string of the molecule is CC(c1cccs1)N(C)C1(CN)CSCC(C)(C)C1. The first-order valence-electron chi connectivity index (χ1n) is 6.94. The molecular weight excluding hydrogens is 272 g/mol. The fourth-order valence-electron chi connectivity index (χ4n) is 3.14. The molecule has 1 aromatic heterocycles. The van der Waals surface area contributed by atoms with Gasteiger partial charge in [0.25, 0.3) is 0 Å². The minimum absolute atomic E-state index is 0.135. The standard InChI is InChI=1S/C15H26N2S2/c1-12(13-6-5-7-19-13)17(4)15(9-16)8-14(2,3)10-18-11-15/h5-7,12H,8-11,16H2,1-4H3. The molecule has 1 fully saturated rings. The van der Waals surface area contributed by atoms with Gasteiger partial charge < -0.3 is 5.73 Å². The number of nitrogens with zero attached hydrogens (tertiary/aromatic N) is 1. The quantitative estimate of drug-likeness (QED) is 0.921. The monoisotopic (exact) mass is 298 g/mol. The fraction of sp³-hybridized carbons (Fsp3) is 0.733. The van der Waals surface area contributed by atoms with E-state index in [0.29, 0.717) is 11.5 Å². The van der Waals surface area contributed by atoms with Crippen molar-refractivity contribution in [2.24, 2.45) is 11.1 Å². The molecule has 0 aliphatic carbocycles. The molecule has 0 aromatic carbocycles. The molecule has 2 rings (SSSR count). The molecule has 0 spiro atoms. The van der Waals surface area contributed by atoms with Crippen LogP contribution in [0.4, 0.5) is 0 Å². The number of hydrogen-bond donors (Lipinski definition) is 1. The molecule has 1 aliphatic rings. The van der Waals surface area contributed by atoms with Crippen molar-refractivity contribution in [1.82, 2.24) is 4.90 Å². The van der Waals surface area contributed by atoms with E-state index in [1.807, 2.05) is 11.3 Å². The zero-order chi connectivity index (χ0) is 14.1. The highest BCUT2D eigenvalue weighted by Gasteiger charge is 2.44. The highest BCUT2D eigenvalue weighted by molar-refractivity contribution is 7.99. The van der Waals surface area contributed by atoms with Crippen LogP contribution in [0.3, 0.4) is 0 Å². The van der Waals surface area contributed by atoms with Crippen LogP contribution in [-0.2, 0) is 0 Å². The van der Waals surface area contributed by atoms with Gasteiger partial charge in [0, 0.05) is 28.8 Å². The Balaban J connectivity index is 2.20. The summed E-state index contributed by atoms with van der Waals surface area (Å²) in [5, 5.41) is 2.16. The van der Waals surface area contributed by atoms with Crippen molar-refractivity contribution in [3.8, 4) is 0 Å². The van der Waals surface area contributed by atoms with Crippen LogP contribution < -0.4 is 5.73 Å².